The van der Waals surface area contributed by atoms with E-state index in [9.17, 15) is 13.2 Å². The molecule has 108 valence electrons. The molecule has 0 aliphatic heterocycles. The van der Waals surface area contributed by atoms with Crippen molar-refractivity contribution < 1.29 is 13.2 Å². The molecule has 0 aromatic rings. The first-order valence-electron chi connectivity index (χ1n) is 6.91. The molecule has 0 spiro atoms. The molecule has 0 bridgehead atoms. The largest absolute Gasteiger partial charge is 0.401 e. The van der Waals surface area contributed by atoms with Gasteiger partial charge in [0.1, 0.15) is 0 Å². The van der Waals surface area contributed by atoms with Gasteiger partial charge in [0.2, 0.25) is 0 Å². The molecule has 1 rings (SSSR count). The Morgan fingerprint density at radius 2 is 1.83 bits per heavy atom. The first-order chi connectivity index (χ1) is 8.42. The van der Waals surface area contributed by atoms with Crippen LogP contribution in [0.3, 0.4) is 0 Å². The molecular formula is C13H25F3N2. The lowest BCUT2D eigenvalue weighted by Gasteiger charge is -2.30. The summed E-state index contributed by atoms with van der Waals surface area (Å²) in [5.41, 5.74) is 0. The van der Waals surface area contributed by atoms with E-state index in [-0.39, 0.29) is 0 Å². The second-order valence-corrected chi connectivity index (χ2v) is 5.37. The normalized spacial score (nSPS) is 26.3. The Morgan fingerprint density at radius 1 is 1.17 bits per heavy atom. The van der Waals surface area contributed by atoms with Crippen LogP contribution in [0.2, 0.25) is 0 Å². The molecule has 1 aliphatic rings. The molecule has 2 unspecified atom stereocenters. The highest BCUT2D eigenvalue weighted by atomic mass is 19.4. The van der Waals surface area contributed by atoms with E-state index in [4.69, 9.17) is 0 Å². The number of hydrogen-bond acceptors (Lipinski definition) is 2. The quantitative estimate of drug-likeness (QED) is 0.769. The minimum absolute atomic E-state index is 0.347. The summed E-state index contributed by atoms with van der Waals surface area (Å²) in [4.78, 5) is 1.42. The van der Waals surface area contributed by atoms with Crippen LogP contribution in [0, 0.1) is 5.92 Å². The average Bonchev–Trinajstić information content (AvgIpc) is 2.42. The molecule has 1 N–H and O–H groups in total. The third kappa shape index (κ3) is 6.05. The van der Waals surface area contributed by atoms with E-state index in [0.29, 0.717) is 18.5 Å². The van der Waals surface area contributed by atoms with Crippen molar-refractivity contribution in [1.29, 1.82) is 0 Å². The highest BCUT2D eigenvalue weighted by Gasteiger charge is 2.31. The van der Waals surface area contributed by atoms with Gasteiger partial charge in [-0.15, -0.1) is 0 Å². The van der Waals surface area contributed by atoms with Gasteiger partial charge in [0.15, 0.2) is 0 Å². The van der Waals surface area contributed by atoms with Crippen LogP contribution in [0.1, 0.15) is 39.0 Å². The molecule has 0 heterocycles. The van der Waals surface area contributed by atoms with Crippen LogP contribution in [-0.4, -0.2) is 43.8 Å². The van der Waals surface area contributed by atoms with Gasteiger partial charge >= 0.3 is 6.18 Å². The Labute approximate surface area is 108 Å². The number of nitrogens with zero attached hydrogens (tertiary/aromatic N) is 1. The lowest BCUT2D eigenvalue weighted by Crippen LogP contribution is -2.43. The second-order valence-electron chi connectivity index (χ2n) is 5.37. The van der Waals surface area contributed by atoms with Crippen molar-refractivity contribution in [3.05, 3.63) is 0 Å². The predicted molar refractivity (Wildman–Crippen MR) is 67.6 cm³/mol. The molecule has 1 saturated carbocycles. The minimum atomic E-state index is -4.09. The van der Waals surface area contributed by atoms with Gasteiger partial charge in [-0.1, -0.05) is 26.2 Å². The SMILES string of the molecule is CCNC1CCCCCC1CN(C)CC(F)(F)F. The van der Waals surface area contributed by atoms with E-state index >= 15 is 0 Å². The first kappa shape index (κ1) is 15.8. The molecule has 1 aliphatic carbocycles. The van der Waals surface area contributed by atoms with E-state index < -0.39 is 12.7 Å². The molecule has 2 nitrogen and oxygen atoms in total. The van der Waals surface area contributed by atoms with Crippen molar-refractivity contribution in [2.45, 2.75) is 51.2 Å². The van der Waals surface area contributed by atoms with E-state index in [1.165, 1.54) is 17.7 Å². The van der Waals surface area contributed by atoms with Gasteiger partial charge in [0, 0.05) is 12.6 Å². The lowest BCUT2D eigenvalue weighted by molar-refractivity contribution is -0.144. The Hall–Kier alpha value is -0.290. The fraction of sp³-hybridized carbons (Fsp3) is 1.00. The maximum Gasteiger partial charge on any atom is 0.401 e. The van der Waals surface area contributed by atoms with Crippen LogP contribution >= 0.6 is 0 Å². The van der Waals surface area contributed by atoms with E-state index in [2.05, 4.69) is 12.2 Å². The lowest BCUT2D eigenvalue weighted by atomic mass is 9.94. The first-order valence-corrected chi connectivity index (χ1v) is 6.91. The van der Waals surface area contributed by atoms with Gasteiger partial charge in [-0.2, -0.15) is 13.2 Å². The predicted octanol–water partition coefficient (Wildman–Crippen LogP) is 3.04. The number of hydrogen-bond donors (Lipinski definition) is 1. The summed E-state index contributed by atoms with van der Waals surface area (Å²) in [5.74, 6) is 0.347. The van der Waals surface area contributed by atoms with Crippen molar-refractivity contribution in [3.63, 3.8) is 0 Å². The molecular weight excluding hydrogens is 241 g/mol. The number of alkyl halides is 3. The number of halogens is 3. The zero-order valence-electron chi connectivity index (χ0n) is 11.4. The maximum absolute atomic E-state index is 12.3. The molecule has 5 heteroatoms. The molecule has 0 saturated heterocycles. The van der Waals surface area contributed by atoms with Crippen molar-refractivity contribution in [3.8, 4) is 0 Å². The van der Waals surface area contributed by atoms with Crippen LogP contribution < -0.4 is 5.32 Å². The summed E-state index contributed by atoms with van der Waals surface area (Å²) in [6.45, 7) is 2.69. The molecule has 0 amide bonds. The van der Waals surface area contributed by atoms with E-state index in [1.54, 1.807) is 7.05 Å². The van der Waals surface area contributed by atoms with Crippen LogP contribution in [0.5, 0.6) is 0 Å². The molecule has 0 aromatic carbocycles. The zero-order valence-corrected chi connectivity index (χ0v) is 11.4. The zero-order chi connectivity index (χ0) is 13.6. The highest BCUT2D eigenvalue weighted by molar-refractivity contribution is 4.81. The summed E-state index contributed by atoms with van der Waals surface area (Å²) in [5, 5.41) is 3.43. The summed E-state index contributed by atoms with van der Waals surface area (Å²) in [6, 6.07) is 0.383. The van der Waals surface area contributed by atoms with E-state index in [0.717, 1.165) is 25.8 Å². The smallest absolute Gasteiger partial charge is 0.314 e. The van der Waals surface area contributed by atoms with Crippen LogP contribution in [0.15, 0.2) is 0 Å². The van der Waals surface area contributed by atoms with Gasteiger partial charge in [-0.3, -0.25) is 4.90 Å². The average molecular weight is 266 g/mol. The molecule has 18 heavy (non-hydrogen) atoms. The molecule has 1 fully saturated rings. The van der Waals surface area contributed by atoms with E-state index in [1.807, 2.05) is 0 Å². The van der Waals surface area contributed by atoms with Crippen molar-refractivity contribution >= 4 is 0 Å². The Kier molecular flexibility index (Phi) is 6.43. The highest BCUT2D eigenvalue weighted by Crippen LogP contribution is 2.25. The van der Waals surface area contributed by atoms with Gasteiger partial charge in [-0.05, 0) is 32.4 Å². The Balaban J connectivity index is 2.49. The summed E-state index contributed by atoms with van der Waals surface area (Å²) in [6.07, 6.45) is 1.59. The van der Waals surface area contributed by atoms with Gasteiger partial charge < -0.3 is 5.32 Å². The fourth-order valence-electron chi connectivity index (χ4n) is 2.90. The van der Waals surface area contributed by atoms with Crippen molar-refractivity contribution in [2.75, 3.05) is 26.7 Å². The van der Waals surface area contributed by atoms with Crippen molar-refractivity contribution in [1.82, 2.24) is 10.2 Å². The number of nitrogens with one attached hydrogen (secondary N) is 1. The van der Waals surface area contributed by atoms with Gasteiger partial charge in [0.25, 0.3) is 0 Å². The monoisotopic (exact) mass is 266 g/mol. The fourth-order valence-corrected chi connectivity index (χ4v) is 2.90. The minimum Gasteiger partial charge on any atom is -0.314 e. The van der Waals surface area contributed by atoms with Crippen LogP contribution in [0.4, 0.5) is 13.2 Å². The third-order valence-corrected chi connectivity index (χ3v) is 3.62. The Bertz CT molecular complexity index is 231. The van der Waals surface area contributed by atoms with Gasteiger partial charge in [0.05, 0.1) is 6.54 Å². The van der Waals surface area contributed by atoms with Crippen LogP contribution in [0.25, 0.3) is 0 Å². The van der Waals surface area contributed by atoms with Crippen LogP contribution in [-0.2, 0) is 0 Å². The summed E-state index contributed by atoms with van der Waals surface area (Å²) < 4.78 is 37.0. The summed E-state index contributed by atoms with van der Waals surface area (Å²) in [7, 11) is 1.57. The molecule has 0 aromatic heterocycles. The third-order valence-electron chi connectivity index (χ3n) is 3.62. The standard InChI is InChI=1S/C13H25F3N2/c1-3-17-12-8-6-4-5-7-11(12)9-18(2)10-13(14,15)16/h11-12,17H,3-10H2,1-2H3. The summed E-state index contributed by atoms with van der Waals surface area (Å²) >= 11 is 0. The topological polar surface area (TPSA) is 15.3 Å². The van der Waals surface area contributed by atoms with Crippen molar-refractivity contribution in [2.24, 2.45) is 5.92 Å². The second kappa shape index (κ2) is 7.34. The molecule has 0 radical (unpaired) electrons. The maximum atomic E-state index is 12.3. The number of rotatable bonds is 5. The Morgan fingerprint density at radius 3 is 2.44 bits per heavy atom. The van der Waals surface area contributed by atoms with Gasteiger partial charge in [-0.25, -0.2) is 0 Å². The molecule has 2 atom stereocenters.